The first-order valence-corrected chi connectivity index (χ1v) is 11.4. The van der Waals surface area contributed by atoms with Crippen molar-refractivity contribution in [3.05, 3.63) is 59.7 Å². The number of unbranched alkanes of at least 4 members (excludes halogenated alkanes) is 1. The number of hydrogen-bond acceptors (Lipinski definition) is 6. The van der Waals surface area contributed by atoms with Crippen LogP contribution in [0, 0.1) is 0 Å². The minimum atomic E-state index is -1.42. The van der Waals surface area contributed by atoms with Gasteiger partial charge in [0.05, 0.1) is 0 Å². The number of amides is 2. The summed E-state index contributed by atoms with van der Waals surface area (Å²) < 4.78 is 10.9. The fourth-order valence-corrected chi connectivity index (χ4v) is 4.15. The number of benzene rings is 2. The van der Waals surface area contributed by atoms with Crippen molar-refractivity contribution in [2.45, 2.75) is 57.6 Å². The number of carbonyl (C=O) groups excluding carboxylic acids is 2. The summed E-state index contributed by atoms with van der Waals surface area (Å²) in [5.41, 5.74) is 8.75. The molecule has 8 heteroatoms. The molecule has 0 bridgehead atoms. The van der Waals surface area contributed by atoms with E-state index in [1.54, 1.807) is 20.8 Å². The molecular formula is C26H32N2O6. The maximum absolute atomic E-state index is 13.1. The highest BCUT2D eigenvalue weighted by Crippen LogP contribution is 2.44. The summed E-state index contributed by atoms with van der Waals surface area (Å²) in [6.45, 7) is 5.27. The Labute approximate surface area is 199 Å². The van der Waals surface area contributed by atoms with Gasteiger partial charge in [-0.2, -0.15) is 4.90 Å². The van der Waals surface area contributed by atoms with Gasteiger partial charge >= 0.3 is 18.2 Å². The molecule has 182 valence electrons. The van der Waals surface area contributed by atoms with Gasteiger partial charge in [0.2, 0.25) is 0 Å². The Morgan fingerprint density at radius 1 is 0.971 bits per heavy atom. The summed E-state index contributed by atoms with van der Waals surface area (Å²) in [6.07, 6.45) is -1.04. The molecule has 1 aliphatic rings. The van der Waals surface area contributed by atoms with Gasteiger partial charge in [-0.1, -0.05) is 48.5 Å². The van der Waals surface area contributed by atoms with Gasteiger partial charge in [0, 0.05) is 5.92 Å². The maximum Gasteiger partial charge on any atom is 0.420 e. The fraction of sp³-hybridized carbons (Fsp3) is 0.423. The summed E-state index contributed by atoms with van der Waals surface area (Å²) in [7, 11) is 0. The first-order chi connectivity index (χ1) is 16.1. The second kappa shape index (κ2) is 10.7. The van der Waals surface area contributed by atoms with Crippen LogP contribution in [0.25, 0.3) is 11.1 Å². The molecule has 0 saturated heterocycles. The van der Waals surface area contributed by atoms with Gasteiger partial charge in [-0.15, -0.1) is 0 Å². The molecule has 3 N–H and O–H groups in total. The van der Waals surface area contributed by atoms with Crippen molar-refractivity contribution in [2.75, 3.05) is 13.2 Å². The number of fused-ring (bicyclic) bond motifs is 3. The number of ether oxygens (including phenoxy) is 2. The number of hydrogen-bond donors (Lipinski definition) is 2. The van der Waals surface area contributed by atoms with Crippen molar-refractivity contribution < 1.29 is 29.0 Å². The van der Waals surface area contributed by atoms with Gasteiger partial charge in [0.25, 0.3) is 0 Å². The Morgan fingerprint density at radius 3 is 2.03 bits per heavy atom. The summed E-state index contributed by atoms with van der Waals surface area (Å²) in [5, 5.41) is 9.79. The average Bonchev–Trinajstić information content (AvgIpc) is 3.09. The van der Waals surface area contributed by atoms with Crippen LogP contribution in [0.3, 0.4) is 0 Å². The molecule has 34 heavy (non-hydrogen) atoms. The number of aliphatic carboxylic acids is 1. The molecule has 1 atom stereocenters. The number of rotatable bonds is 8. The second-order valence-corrected chi connectivity index (χ2v) is 9.29. The topological polar surface area (TPSA) is 119 Å². The molecule has 0 saturated carbocycles. The normalized spacial score (nSPS) is 13.5. The fourth-order valence-electron chi connectivity index (χ4n) is 4.15. The average molecular weight is 469 g/mol. The molecule has 2 aromatic carbocycles. The van der Waals surface area contributed by atoms with Gasteiger partial charge in [-0.05, 0) is 68.8 Å². The van der Waals surface area contributed by atoms with Crippen LogP contribution >= 0.6 is 0 Å². The van der Waals surface area contributed by atoms with Crippen LogP contribution in [0.2, 0.25) is 0 Å². The first-order valence-electron chi connectivity index (χ1n) is 11.4. The highest BCUT2D eigenvalue weighted by molar-refractivity contribution is 5.93. The van der Waals surface area contributed by atoms with E-state index in [1.807, 2.05) is 48.5 Å². The van der Waals surface area contributed by atoms with Crippen molar-refractivity contribution in [3.8, 4) is 11.1 Å². The molecule has 0 radical (unpaired) electrons. The highest BCUT2D eigenvalue weighted by atomic mass is 16.6. The Morgan fingerprint density at radius 2 is 1.53 bits per heavy atom. The number of carboxylic acid groups (broad SMARTS) is 1. The van der Waals surface area contributed by atoms with Gasteiger partial charge in [0.1, 0.15) is 18.2 Å². The maximum atomic E-state index is 13.1. The zero-order valence-corrected chi connectivity index (χ0v) is 19.8. The molecule has 2 aromatic rings. The molecule has 0 aliphatic heterocycles. The Hall–Kier alpha value is -3.39. The lowest BCUT2D eigenvalue weighted by molar-refractivity contribution is -0.143. The lowest BCUT2D eigenvalue weighted by atomic mass is 9.98. The zero-order chi connectivity index (χ0) is 24.9. The Kier molecular flexibility index (Phi) is 7.94. The summed E-state index contributed by atoms with van der Waals surface area (Å²) in [5.74, 6) is -1.53. The Bertz CT molecular complexity index is 1000. The van der Waals surface area contributed by atoms with Crippen molar-refractivity contribution in [3.63, 3.8) is 0 Å². The number of carbonyl (C=O) groups is 3. The van der Waals surface area contributed by atoms with E-state index in [9.17, 15) is 19.5 Å². The van der Waals surface area contributed by atoms with E-state index in [4.69, 9.17) is 15.2 Å². The number of carboxylic acids is 1. The largest absolute Gasteiger partial charge is 0.480 e. The summed E-state index contributed by atoms with van der Waals surface area (Å²) in [4.78, 5) is 38.6. The summed E-state index contributed by atoms with van der Waals surface area (Å²) in [6, 6.07) is 14.3. The van der Waals surface area contributed by atoms with Crippen molar-refractivity contribution in [1.29, 1.82) is 0 Å². The second-order valence-electron chi connectivity index (χ2n) is 9.29. The highest BCUT2D eigenvalue weighted by Gasteiger charge is 2.39. The molecule has 2 amide bonds. The number of nitrogens with two attached hydrogens (primary N) is 1. The molecule has 8 nitrogen and oxygen atoms in total. The van der Waals surface area contributed by atoms with Crippen LogP contribution in [0.5, 0.6) is 0 Å². The molecule has 0 aromatic heterocycles. The molecule has 0 spiro atoms. The lowest BCUT2D eigenvalue weighted by Gasteiger charge is -2.29. The van der Waals surface area contributed by atoms with E-state index in [-0.39, 0.29) is 18.9 Å². The van der Waals surface area contributed by atoms with E-state index >= 15 is 0 Å². The zero-order valence-electron chi connectivity index (χ0n) is 19.8. The molecule has 3 rings (SSSR count). The van der Waals surface area contributed by atoms with Crippen LogP contribution in [-0.4, -0.2) is 53.0 Å². The number of nitrogens with zero attached hydrogens (tertiary/aromatic N) is 1. The number of imide groups is 1. The van der Waals surface area contributed by atoms with Gasteiger partial charge < -0.3 is 20.3 Å². The minimum absolute atomic E-state index is 0.0404. The van der Waals surface area contributed by atoms with Crippen LogP contribution in [0.1, 0.15) is 57.1 Å². The molecule has 1 aliphatic carbocycles. The molecular weight excluding hydrogens is 436 g/mol. The first kappa shape index (κ1) is 25.2. The Balaban J connectivity index is 1.84. The van der Waals surface area contributed by atoms with E-state index in [0.29, 0.717) is 24.3 Å². The van der Waals surface area contributed by atoms with E-state index in [1.165, 1.54) is 0 Å². The minimum Gasteiger partial charge on any atom is -0.480 e. The van der Waals surface area contributed by atoms with Crippen molar-refractivity contribution in [1.82, 2.24) is 4.90 Å². The predicted molar refractivity (Wildman–Crippen MR) is 127 cm³/mol. The smallest absolute Gasteiger partial charge is 0.420 e. The standard InChI is InChI=1S/C26H32N2O6/c1-26(2,3)34-25(32)28(22(23(29)30)14-8-9-15-27)24(31)33-16-21-19-12-6-4-10-17(19)18-11-5-7-13-20(18)21/h4-7,10-13,21-22H,8-9,14-16,27H2,1-3H3,(H,29,30)/t22-/m1/s1. The third-order valence-electron chi connectivity index (χ3n) is 5.65. The van der Waals surface area contributed by atoms with Crippen molar-refractivity contribution >= 4 is 18.2 Å². The van der Waals surface area contributed by atoms with Crippen LogP contribution < -0.4 is 5.73 Å². The van der Waals surface area contributed by atoms with E-state index < -0.39 is 29.8 Å². The SMILES string of the molecule is CC(C)(C)OC(=O)N(C(=O)OCC1c2ccccc2-c2ccccc21)[C@H](CCCCN)C(=O)O. The monoisotopic (exact) mass is 468 g/mol. The van der Waals surface area contributed by atoms with Crippen molar-refractivity contribution in [2.24, 2.45) is 5.73 Å². The van der Waals surface area contributed by atoms with E-state index in [0.717, 1.165) is 22.3 Å². The van der Waals surface area contributed by atoms with Gasteiger partial charge in [-0.25, -0.2) is 14.4 Å². The molecule has 0 fully saturated rings. The molecule has 0 unspecified atom stereocenters. The van der Waals surface area contributed by atoms with Crippen LogP contribution in [0.4, 0.5) is 9.59 Å². The third-order valence-corrected chi connectivity index (χ3v) is 5.65. The third kappa shape index (κ3) is 5.75. The predicted octanol–water partition coefficient (Wildman–Crippen LogP) is 4.75. The van der Waals surface area contributed by atoms with E-state index in [2.05, 4.69) is 0 Å². The summed E-state index contributed by atoms with van der Waals surface area (Å²) >= 11 is 0. The van der Waals surface area contributed by atoms with Gasteiger partial charge in [0.15, 0.2) is 0 Å². The lowest BCUT2D eigenvalue weighted by Crippen LogP contribution is -2.50. The molecule has 0 heterocycles. The quantitative estimate of drug-likeness (QED) is 0.536. The van der Waals surface area contributed by atoms with Crippen LogP contribution in [-0.2, 0) is 14.3 Å². The van der Waals surface area contributed by atoms with Gasteiger partial charge in [-0.3, -0.25) is 0 Å². The van der Waals surface area contributed by atoms with Crippen LogP contribution in [0.15, 0.2) is 48.5 Å².